The van der Waals surface area contributed by atoms with Crippen molar-refractivity contribution >= 4 is 23.4 Å². The van der Waals surface area contributed by atoms with Crippen LogP contribution >= 0.6 is 0 Å². The molecule has 3 aromatic rings. The number of Topliss-reactive ketones (excluding diaryl/α,β-unsaturated/α-hetero) is 1. The summed E-state index contributed by atoms with van der Waals surface area (Å²) in [6, 6.07) is 17.9. The number of para-hydroxylation sites is 1. The van der Waals surface area contributed by atoms with Crippen LogP contribution < -0.4 is 4.90 Å². The third kappa shape index (κ3) is 3.54. The van der Waals surface area contributed by atoms with Crippen molar-refractivity contribution < 1.29 is 14.4 Å². The van der Waals surface area contributed by atoms with E-state index in [1.807, 2.05) is 86.0 Å². The Kier molecular flexibility index (Phi) is 5.23. The molecule has 0 N–H and O–H groups in total. The van der Waals surface area contributed by atoms with Crippen LogP contribution in [0, 0.1) is 20.8 Å². The molecule has 1 fully saturated rings. The molecule has 0 spiro atoms. The minimum atomic E-state index is -0.653. The largest absolute Gasteiger partial charge is 0.332 e. The van der Waals surface area contributed by atoms with Crippen molar-refractivity contribution in [2.45, 2.75) is 33.7 Å². The van der Waals surface area contributed by atoms with Crippen molar-refractivity contribution in [2.75, 3.05) is 11.4 Å². The molecule has 1 aromatic heterocycles. The molecule has 0 bridgehead atoms. The van der Waals surface area contributed by atoms with Crippen LogP contribution in [0.3, 0.4) is 0 Å². The molecule has 158 valence electrons. The molecule has 0 radical (unpaired) electrons. The Morgan fingerprint density at radius 2 is 1.55 bits per heavy atom. The van der Waals surface area contributed by atoms with Gasteiger partial charge in [-0.3, -0.25) is 19.4 Å². The van der Waals surface area contributed by atoms with E-state index >= 15 is 0 Å². The molecule has 0 aliphatic carbocycles. The van der Waals surface area contributed by atoms with Gasteiger partial charge >= 0.3 is 6.03 Å². The number of aryl methyl sites for hydroxylation is 2. The summed E-state index contributed by atoms with van der Waals surface area (Å²) in [5.74, 6) is -0.620. The Morgan fingerprint density at radius 3 is 2.19 bits per heavy atom. The topological polar surface area (TPSA) is 62.6 Å². The van der Waals surface area contributed by atoms with E-state index in [1.165, 1.54) is 4.90 Å². The second-order valence-corrected chi connectivity index (χ2v) is 7.97. The molecule has 1 atom stereocenters. The smallest absolute Gasteiger partial charge is 0.318 e. The van der Waals surface area contributed by atoms with Gasteiger partial charge in [0, 0.05) is 28.3 Å². The second kappa shape index (κ2) is 7.87. The zero-order chi connectivity index (χ0) is 22.3. The van der Waals surface area contributed by atoms with Crippen molar-refractivity contribution in [1.82, 2.24) is 9.47 Å². The maximum absolute atomic E-state index is 13.1. The first-order valence-electron chi connectivity index (χ1n) is 10.3. The number of carbonyl (C=O) groups is 3. The lowest BCUT2D eigenvalue weighted by atomic mass is 10.1. The first kappa shape index (κ1) is 20.6. The first-order valence-corrected chi connectivity index (χ1v) is 10.3. The van der Waals surface area contributed by atoms with Crippen LogP contribution in [-0.4, -0.2) is 39.8 Å². The third-order valence-corrected chi connectivity index (χ3v) is 5.81. The minimum absolute atomic E-state index is 0.255. The van der Waals surface area contributed by atoms with E-state index in [0.29, 0.717) is 11.3 Å². The number of urea groups is 1. The molecular formula is C25H25N3O3. The molecule has 6 heteroatoms. The van der Waals surface area contributed by atoms with E-state index in [-0.39, 0.29) is 18.2 Å². The molecule has 6 nitrogen and oxygen atoms in total. The van der Waals surface area contributed by atoms with Crippen LogP contribution in [-0.2, 0) is 4.79 Å². The minimum Gasteiger partial charge on any atom is -0.318 e. The Labute approximate surface area is 181 Å². The predicted octanol–water partition coefficient (Wildman–Crippen LogP) is 4.44. The van der Waals surface area contributed by atoms with Gasteiger partial charge in [-0.05, 0) is 58.0 Å². The Bertz CT molecular complexity index is 1160. The van der Waals surface area contributed by atoms with Gasteiger partial charge in [0.05, 0.1) is 6.54 Å². The Balaban J connectivity index is 1.60. The van der Waals surface area contributed by atoms with Gasteiger partial charge in [0.25, 0.3) is 5.91 Å². The summed E-state index contributed by atoms with van der Waals surface area (Å²) >= 11 is 0. The summed E-state index contributed by atoms with van der Waals surface area (Å²) in [6.07, 6.45) is 0. The van der Waals surface area contributed by atoms with Crippen molar-refractivity contribution in [3.05, 3.63) is 83.2 Å². The fourth-order valence-electron chi connectivity index (χ4n) is 4.16. The summed E-state index contributed by atoms with van der Waals surface area (Å²) in [7, 11) is 0. The molecule has 4 rings (SSSR count). The molecule has 1 aliphatic rings. The van der Waals surface area contributed by atoms with Crippen LogP contribution in [0.25, 0.3) is 5.69 Å². The van der Waals surface area contributed by atoms with Gasteiger partial charge in [-0.2, -0.15) is 0 Å². The molecule has 0 unspecified atom stereocenters. The van der Waals surface area contributed by atoms with Crippen LogP contribution in [0.2, 0.25) is 0 Å². The molecule has 2 aromatic carbocycles. The SMILES string of the molecule is Cc1ccc(N2C(=O)N(CC(=O)c3cc(C)n(-c4ccccc4)c3C)C(=O)[C@H]2C)cc1. The normalized spacial score (nSPS) is 16.3. The molecule has 0 saturated carbocycles. The van der Waals surface area contributed by atoms with Crippen LogP contribution in [0.15, 0.2) is 60.7 Å². The monoisotopic (exact) mass is 415 g/mol. The molecular weight excluding hydrogens is 390 g/mol. The summed E-state index contributed by atoms with van der Waals surface area (Å²) in [4.78, 5) is 41.5. The number of carbonyl (C=O) groups excluding carboxylic acids is 3. The highest BCUT2D eigenvalue weighted by molar-refractivity contribution is 6.16. The zero-order valence-corrected chi connectivity index (χ0v) is 18.1. The van der Waals surface area contributed by atoms with Gasteiger partial charge in [0.2, 0.25) is 0 Å². The number of benzene rings is 2. The quantitative estimate of drug-likeness (QED) is 0.457. The summed E-state index contributed by atoms with van der Waals surface area (Å²) < 4.78 is 2.00. The van der Waals surface area contributed by atoms with Gasteiger partial charge in [0.15, 0.2) is 5.78 Å². The van der Waals surface area contributed by atoms with E-state index in [2.05, 4.69) is 0 Å². The van der Waals surface area contributed by atoms with Gasteiger partial charge in [-0.1, -0.05) is 35.9 Å². The average Bonchev–Trinajstić information content (AvgIpc) is 3.17. The highest BCUT2D eigenvalue weighted by atomic mass is 16.2. The van der Waals surface area contributed by atoms with Crippen molar-refractivity contribution in [3.63, 3.8) is 0 Å². The summed E-state index contributed by atoms with van der Waals surface area (Å²) in [6.45, 7) is 7.18. The number of aromatic nitrogens is 1. The van der Waals surface area contributed by atoms with Crippen LogP contribution in [0.5, 0.6) is 0 Å². The van der Waals surface area contributed by atoms with Crippen LogP contribution in [0.4, 0.5) is 10.5 Å². The van der Waals surface area contributed by atoms with E-state index in [1.54, 1.807) is 6.92 Å². The van der Waals surface area contributed by atoms with Crippen molar-refractivity contribution in [2.24, 2.45) is 0 Å². The fraction of sp³-hybridized carbons (Fsp3) is 0.240. The average molecular weight is 415 g/mol. The third-order valence-electron chi connectivity index (χ3n) is 5.81. The standard InChI is InChI=1S/C25H25N3O3/c1-16-10-12-21(13-11-16)28-19(4)24(30)26(25(28)31)15-23(29)22-14-17(2)27(18(22)3)20-8-6-5-7-9-20/h5-14,19H,15H2,1-4H3/t19-/m1/s1. The van der Waals surface area contributed by atoms with Crippen molar-refractivity contribution in [1.29, 1.82) is 0 Å². The Morgan fingerprint density at radius 1 is 0.903 bits per heavy atom. The van der Waals surface area contributed by atoms with Crippen LogP contribution in [0.1, 0.15) is 34.2 Å². The highest BCUT2D eigenvalue weighted by Crippen LogP contribution is 2.27. The number of rotatable bonds is 5. The lowest BCUT2D eigenvalue weighted by molar-refractivity contribution is -0.126. The number of hydrogen-bond donors (Lipinski definition) is 0. The number of nitrogens with zero attached hydrogens (tertiary/aromatic N) is 3. The van der Waals surface area contributed by atoms with E-state index in [4.69, 9.17) is 0 Å². The number of anilines is 1. The van der Waals surface area contributed by atoms with Gasteiger partial charge in [-0.25, -0.2) is 4.79 Å². The maximum atomic E-state index is 13.1. The molecule has 2 heterocycles. The lowest BCUT2D eigenvalue weighted by Crippen LogP contribution is -2.37. The number of amides is 3. The Hall–Kier alpha value is -3.67. The van der Waals surface area contributed by atoms with E-state index < -0.39 is 12.1 Å². The number of imide groups is 1. The second-order valence-electron chi connectivity index (χ2n) is 7.97. The molecule has 3 amide bonds. The lowest BCUT2D eigenvalue weighted by Gasteiger charge is -2.19. The molecule has 31 heavy (non-hydrogen) atoms. The van der Waals surface area contributed by atoms with Crippen molar-refractivity contribution in [3.8, 4) is 5.69 Å². The zero-order valence-electron chi connectivity index (χ0n) is 18.1. The van der Waals surface area contributed by atoms with E-state index in [0.717, 1.165) is 27.5 Å². The maximum Gasteiger partial charge on any atom is 0.332 e. The van der Waals surface area contributed by atoms with Gasteiger partial charge in [-0.15, -0.1) is 0 Å². The first-order chi connectivity index (χ1) is 14.8. The number of ketones is 1. The summed E-state index contributed by atoms with van der Waals surface area (Å²) in [5.41, 5.74) is 4.90. The summed E-state index contributed by atoms with van der Waals surface area (Å²) in [5, 5.41) is 0. The van der Waals surface area contributed by atoms with Gasteiger partial charge in [0.1, 0.15) is 6.04 Å². The molecule has 1 aliphatic heterocycles. The van der Waals surface area contributed by atoms with E-state index in [9.17, 15) is 14.4 Å². The predicted molar refractivity (Wildman–Crippen MR) is 120 cm³/mol. The highest BCUT2D eigenvalue weighted by Gasteiger charge is 2.44. The van der Waals surface area contributed by atoms with Gasteiger partial charge < -0.3 is 4.57 Å². The molecule has 1 saturated heterocycles. The fourth-order valence-corrected chi connectivity index (χ4v) is 4.16. The number of hydrogen-bond acceptors (Lipinski definition) is 3.